The van der Waals surface area contributed by atoms with E-state index in [2.05, 4.69) is 6.07 Å². The maximum atomic E-state index is 11.1. The normalized spacial score (nSPS) is 15.4. The zero-order valence-corrected chi connectivity index (χ0v) is 11.4. The number of hydrogen-bond acceptors (Lipinski definition) is 4. The number of nitriles is 1. The van der Waals surface area contributed by atoms with Crippen LogP contribution in [0, 0.1) is 16.7 Å². The van der Waals surface area contributed by atoms with E-state index in [0.29, 0.717) is 41.4 Å². The highest BCUT2D eigenvalue weighted by Gasteiger charge is 2.43. The van der Waals surface area contributed by atoms with Gasteiger partial charge in [-0.05, 0) is 18.9 Å². The molecule has 0 atom stereocenters. The van der Waals surface area contributed by atoms with Crippen LogP contribution in [0.1, 0.15) is 29.6 Å². The van der Waals surface area contributed by atoms with Gasteiger partial charge in [-0.25, -0.2) is 0 Å². The number of methoxy groups -OCH3 is 1. The predicted molar refractivity (Wildman–Crippen MR) is 70.8 cm³/mol. The molecule has 0 heterocycles. The minimum absolute atomic E-state index is 0.0560. The Kier molecular flexibility index (Phi) is 3.96. The smallest absolute Gasteiger partial charge is 0.171 e. The van der Waals surface area contributed by atoms with E-state index in [4.69, 9.17) is 26.3 Å². The Labute approximate surface area is 116 Å². The van der Waals surface area contributed by atoms with Crippen molar-refractivity contribution in [3.05, 3.63) is 22.7 Å². The van der Waals surface area contributed by atoms with Crippen molar-refractivity contribution < 1.29 is 14.3 Å². The fourth-order valence-electron chi connectivity index (χ4n) is 1.92. The second kappa shape index (κ2) is 5.50. The maximum Gasteiger partial charge on any atom is 0.171 e. The van der Waals surface area contributed by atoms with Crippen LogP contribution in [0.4, 0.5) is 0 Å². The molecule has 0 amide bonds. The van der Waals surface area contributed by atoms with Crippen LogP contribution in [0.15, 0.2) is 12.1 Å². The van der Waals surface area contributed by atoms with Gasteiger partial charge < -0.3 is 9.47 Å². The Morgan fingerprint density at radius 1 is 1.53 bits per heavy atom. The second-order valence-electron chi connectivity index (χ2n) is 4.77. The fraction of sp³-hybridized carbons (Fsp3) is 0.429. The van der Waals surface area contributed by atoms with Crippen molar-refractivity contribution in [3.8, 4) is 17.6 Å². The molecule has 1 aliphatic rings. The summed E-state index contributed by atoms with van der Waals surface area (Å²) < 4.78 is 10.9. The molecule has 2 rings (SSSR count). The van der Waals surface area contributed by atoms with E-state index in [9.17, 15) is 4.79 Å². The number of ether oxygens (including phenoxy) is 2. The summed E-state index contributed by atoms with van der Waals surface area (Å²) in [4.78, 5) is 11.1. The van der Waals surface area contributed by atoms with Crippen molar-refractivity contribution in [2.75, 3.05) is 13.7 Å². The molecule has 0 bridgehead atoms. The van der Waals surface area contributed by atoms with E-state index >= 15 is 0 Å². The summed E-state index contributed by atoms with van der Waals surface area (Å²) in [5, 5.41) is 9.19. The van der Waals surface area contributed by atoms with Gasteiger partial charge in [0.05, 0.1) is 25.3 Å². The van der Waals surface area contributed by atoms with Gasteiger partial charge in [0.25, 0.3) is 0 Å². The lowest BCUT2D eigenvalue weighted by Gasteiger charge is -2.16. The molecule has 1 aliphatic carbocycles. The Morgan fingerprint density at radius 3 is 2.79 bits per heavy atom. The molecule has 1 aromatic rings. The highest BCUT2D eigenvalue weighted by atomic mass is 35.5. The molecule has 0 saturated heterocycles. The number of carbonyl (C=O) groups is 1. The lowest BCUT2D eigenvalue weighted by molar-refractivity contribution is 0.111. The molecule has 0 spiro atoms. The molecule has 0 radical (unpaired) electrons. The van der Waals surface area contributed by atoms with E-state index in [-0.39, 0.29) is 5.41 Å². The van der Waals surface area contributed by atoms with E-state index in [1.807, 2.05) is 0 Å². The molecule has 19 heavy (non-hydrogen) atoms. The van der Waals surface area contributed by atoms with Gasteiger partial charge in [-0.15, -0.1) is 0 Å². The van der Waals surface area contributed by atoms with Gasteiger partial charge in [0, 0.05) is 22.9 Å². The van der Waals surface area contributed by atoms with Crippen molar-refractivity contribution in [2.45, 2.75) is 19.3 Å². The van der Waals surface area contributed by atoms with Gasteiger partial charge in [-0.2, -0.15) is 5.26 Å². The molecular formula is C14H14ClNO3. The number of nitrogens with zero attached hydrogens (tertiary/aromatic N) is 1. The first-order chi connectivity index (χ1) is 9.14. The molecule has 0 aliphatic heterocycles. The van der Waals surface area contributed by atoms with Crippen LogP contribution in [0.2, 0.25) is 5.02 Å². The third kappa shape index (κ3) is 2.99. The van der Waals surface area contributed by atoms with Crippen LogP contribution >= 0.6 is 11.6 Å². The second-order valence-corrected chi connectivity index (χ2v) is 5.20. The van der Waals surface area contributed by atoms with Crippen molar-refractivity contribution in [1.82, 2.24) is 0 Å². The number of hydrogen-bond donors (Lipinski definition) is 0. The van der Waals surface area contributed by atoms with Crippen LogP contribution in [0.3, 0.4) is 0 Å². The SMILES string of the molecule is COc1cc(Cl)cc(C=O)c1OCC1(CC#N)CC1. The van der Waals surface area contributed by atoms with Crippen molar-refractivity contribution in [3.63, 3.8) is 0 Å². The average molecular weight is 280 g/mol. The molecule has 1 fully saturated rings. The Morgan fingerprint density at radius 2 is 2.26 bits per heavy atom. The van der Waals surface area contributed by atoms with Crippen LogP contribution in [-0.2, 0) is 0 Å². The summed E-state index contributed by atoms with van der Waals surface area (Å²) in [6.07, 6.45) is 3.12. The quantitative estimate of drug-likeness (QED) is 0.750. The van der Waals surface area contributed by atoms with Crippen molar-refractivity contribution in [2.24, 2.45) is 5.41 Å². The number of rotatable bonds is 6. The van der Waals surface area contributed by atoms with Gasteiger partial charge in [0.1, 0.15) is 0 Å². The molecule has 0 N–H and O–H groups in total. The molecule has 5 heteroatoms. The van der Waals surface area contributed by atoms with Crippen molar-refractivity contribution in [1.29, 1.82) is 5.26 Å². The summed E-state index contributed by atoms with van der Waals surface area (Å²) in [7, 11) is 1.50. The standard InChI is InChI=1S/C14H14ClNO3/c1-18-12-7-11(15)6-10(8-17)13(12)19-9-14(2-3-14)4-5-16/h6-8H,2-4,9H2,1H3. The number of aldehydes is 1. The van der Waals surface area contributed by atoms with Gasteiger partial charge in [-0.1, -0.05) is 11.6 Å². The molecule has 1 saturated carbocycles. The summed E-state index contributed by atoms with van der Waals surface area (Å²) in [6, 6.07) is 5.31. The van der Waals surface area contributed by atoms with Crippen LogP contribution in [0.5, 0.6) is 11.5 Å². The molecule has 100 valence electrons. The van der Waals surface area contributed by atoms with E-state index < -0.39 is 0 Å². The largest absolute Gasteiger partial charge is 0.493 e. The third-order valence-electron chi connectivity index (χ3n) is 3.33. The van der Waals surface area contributed by atoms with Crippen LogP contribution < -0.4 is 9.47 Å². The Hall–Kier alpha value is -1.73. The van der Waals surface area contributed by atoms with E-state index in [1.54, 1.807) is 6.07 Å². The van der Waals surface area contributed by atoms with E-state index in [1.165, 1.54) is 13.2 Å². The number of halogens is 1. The lowest BCUT2D eigenvalue weighted by atomic mass is 10.1. The first-order valence-electron chi connectivity index (χ1n) is 5.96. The van der Waals surface area contributed by atoms with Gasteiger partial charge in [0.2, 0.25) is 0 Å². The number of benzene rings is 1. The highest BCUT2D eigenvalue weighted by molar-refractivity contribution is 6.31. The average Bonchev–Trinajstić information content (AvgIpc) is 3.16. The maximum absolute atomic E-state index is 11.1. The van der Waals surface area contributed by atoms with E-state index in [0.717, 1.165) is 12.8 Å². The summed E-state index contributed by atoms with van der Waals surface area (Å²) in [5.41, 5.74) is 0.302. The minimum Gasteiger partial charge on any atom is -0.493 e. The van der Waals surface area contributed by atoms with Crippen LogP contribution in [0.25, 0.3) is 0 Å². The molecular weight excluding hydrogens is 266 g/mol. The van der Waals surface area contributed by atoms with Gasteiger partial charge >= 0.3 is 0 Å². The third-order valence-corrected chi connectivity index (χ3v) is 3.55. The summed E-state index contributed by atoms with van der Waals surface area (Å²) in [5.74, 6) is 0.827. The monoisotopic (exact) mass is 279 g/mol. The van der Waals surface area contributed by atoms with Gasteiger partial charge in [-0.3, -0.25) is 4.79 Å². The first kappa shape index (κ1) is 13.7. The zero-order chi connectivity index (χ0) is 13.9. The molecule has 1 aromatic carbocycles. The predicted octanol–water partition coefficient (Wildman–Crippen LogP) is 3.23. The highest BCUT2D eigenvalue weighted by Crippen LogP contribution is 2.49. The molecule has 0 aromatic heterocycles. The number of carbonyl (C=O) groups excluding carboxylic acids is 1. The lowest BCUT2D eigenvalue weighted by Crippen LogP contribution is -2.13. The zero-order valence-electron chi connectivity index (χ0n) is 10.6. The Balaban J connectivity index is 2.19. The molecule has 4 nitrogen and oxygen atoms in total. The molecule has 0 unspecified atom stereocenters. The summed E-state index contributed by atoms with van der Waals surface area (Å²) >= 11 is 5.89. The Bertz CT molecular complexity index is 532. The van der Waals surface area contributed by atoms with Crippen molar-refractivity contribution >= 4 is 17.9 Å². The topological polar surface area (TPSA) is 59.3 Å². The minimum atomic E-state index is -0.0560. The van der Waals surface area contributed by atoms with Gasteiger partial charge in [0.15, 0.2) is 17.8 Å². The van der Waals surface area contributed by atoms with Crippen LogP contribution in [-0.4, -0.2) is 20.0 Å². The fourth-order valence-corrected chi connectivity index (χ4v) is 2.14. The first-order valence-corrected chi connectivity index (χ1v) is 6.34. The summed E-state index contributed by atoms with van der Waals surface area (Å²) in [6.45, 7) is 0.416.